The van der Waals surface area contributed by atoms with Crippen molar-refractivity contribution in [2.45, 2.75) is 40.0 Å². The van der Waals surface area contributed by atoms with Gasteiger partial charge < -0.3 is 10.1 Å². The highest BCUT2D eigenvalue weighted by Crippen LogP contribution is 2.18. The maximum Gasteiger partial charge on any atom is 0.242 e. The van der Waals surface area contributed by atoms with Gasteiger partial charge in [0.1, 0.15) is 18.9 Å². The lowest BCUT2D eigenvalue weighted by Crippen LogP contribution is -2.30. The zero-order valence-corrected chi connectivity index (χ0v) is 15.8. The van der Waals surface area contributed by atoms with Crippen LogP contribution in [-0.4, -0.2) is 20.7 Å². The first-order chi connectivity index (χ1) is 13.0. The Morgan fingerprint density at radius 3 is 2.63 bits per heavy atom. The quantitative estimate of drug-likeness (QED) is 0.698. The summed E-state index contributed by atoms with van der Waals surface area (Å²) in [6.07, 6.45) is 3.53. The largest absolute Gasteiger partial charge is 0.489 e. The second-order valence-electron chi connectivity index (χ2n) is 6.59. The molecule has 0 aliphatic carbocycles. The van der Waals surface area contributed by atoms with E-state index < -0.39 is 0 Å². The van der Waals surface area contributed by atoms with Gasteiger partial charge in [-0.25, -0.2) is 0 Å². The number of ether oxygens (including phenoxy) is 1. The van der Waals surface area contributed by atoms with E-state index in [2.05, 4.69) is 15.4 Å². The number of rotatable bonds is 7. The number of hydrogen-bond acceptors (Lipinski definition) is 4. The zero-order valence-electron chi connectivity index (χ0n) is 15.8. The molecule has 0 saturated carbocycles. The minimum atomic E-state index is -0.0955. The summed E-state index contributed by atoms with van der Waals surface area (Å²) in [6.45, 7) is 6.52. The number of amides is 1. The van der Waals surface area contributed by atoms with E-state index in [1.54, 1.807) is 17.1 Å². The summed E-state index contributed by atoms with van der Waals surface area (Å²) in [5.74, 6) is 0.717. The highest BCUT2D eigenvalue weighted by Gasteiger charge is 2.12. The molecule has 3 rings (SSSR count). The Morgan fingerprint density at radius 1 is 1.22 bits per heavy atom. The van der Waals surface area contributed by atoms with E-state index in [-0.39, 0.29) is 18.5 Å². The van der Waals surface area contributed by atoms with Gasteiger partial charge in [0, 0.05) is 23.7 Å². The van der Waals surface area contributed by atoms with E-state index in [9.17, 15) is 4.79 Å². The van der Waals surface area contributed by atoms with Crippen LogP contribution in [0.3, 0.4) is 0 Å². The average Bonchev–Trinajstić information content (AvgIpc) is 2.98. The van der Waals surface area contributed by atoms with Gasteiger partial charge in [-0.05, 0) is 50.6 Å². The number of carbonyl (C=O) groups is 1. The van der Waals surface area contributed by atoms with Gasteiger partial charge in [0.05, 0.1) is 11.7 Å². The van der Waals surface area contributed by atoms with Crippen LogP contribution in [0.1, 0.15) is 35.5 Å². The zero-order chi connectivity index (χ0) is 19.2. The third kappa shape index (κ3) is 5.17. The molecular formula is C21H24N4O2. The molecule has 2 aromatic heterocycles. The smallest absolute Gasteiger partial charge is 0.242 e. The van der Waals surface area contributed by atoms with Crippen LogP contribution < -0.4 is 10.1 Å². The molecule has 0 spiro atoms. The minimum Gasteiger partial charge on any atom is -0.489 e. The Balaban J connectivity index is 1.53. The number of benzene rings is 1. The molecule has 0 radical (unpaired) electrons. The molecule has 1 amide bonds. The summed E-state index contributed by atoms with van der Waals surface area (Å²) >= 11 is 0. The molecule has 140 valence electrons. The Bertz CT molecular complexity index is 888. The van der Waals surface area contributed by atoms with Crippen molar-refractivity contribution in [2.24, 2.45) is 0 Å². The first-order valence-electron chi connectivity index (χ1n) is 8.93. The van der Waals surface area contributed by atoms with Crippen LogP contribution >= 0.6 is 0 Å². The van der Waals surface area contributed by atoms with Crippen molar-refractivity contribution in [1.82, 2.24) is 20.1 Å². The van der Waals surface area contributed by atoms with Gasteiger partial charge in [0.15, 0.2) is 0 Å². The number of carbonyl (C=O) groups excluding carboxylic acids is 1. The summed E-state index contributed by atoms with van der Waals surface area (Å²) < 4.78 is 7.48. The van der Waals surface area contributed by atoms with Crippen LogP contribution in [0.4, 0.5) is 0 Å². The molecule has 0 aliphatic rings. The van der Waals surface area contributed by atoms with Gasteiger partial charge in [0.2, 0.25) is 5.91 Å². The highest BCUT2D eigenvalue weighted by molar-refractivity contribution is 5.76. The molecule has 1 N–H and O–H groups in total. The number of nitrogens with zero attached hydrogens (tertiary/aromatic N) is 3. The summed E-state index contributed by atoms with van der Waals surface area (Å²) in [7, 11) is 0. The number of pyridine rings is 1. The number of nitrogens with one attached hydrogen (secondary N) is 1. The molecule has 0 aliphatic heterocycles. The van der Waals surface area contributed by atoms with Crippen molar-refractivity contribution >= 4 is 5.91 Å². The first kappa shape index (κ1) is 18.6. The van der Waals surface area contributed by atoms with Crippen molar-refractivity contribution < 1.29 is 9.53 Å². The summed E-state index contributed by atoms with van der Waals surface area (Å²) in [5.41, 5.74) is 3.93. The fraction of sp³-hybridized carbons (Fsp3) is 0.286. The summed E-state index contributed by atoms with van der Waals surface area (Å²) in [6, 6.07) is 13.5. The molecule has 2 heterocycles. The fourth-order valence-electron chi connectivity index (χ4n) is 2.84. The maximum atomic E-state index is 12.3. The maximum absolute atomic E-state index is 12.3. The third-order valence-corrected chi connectivity index (χ3v) is 4.28. The van der Waals surface area contributed by atoms with Crippen LogP contribution in [0.5, 0.6) is 5.75 Å². The first-order valence-corrected chi connectivity index (χ1v) is 8.93. The van der Waals surface area contributed by atoms with Crippen LogP contribution in [-0.2, 0) is 17.9 Å². The van der Waals surface area contributed by atoms with Gasteiger partial charge in [0.25, 0.3) is 0 Å². The molecular weight excluding hydrogens is 340 g/mol. The van der Waals surface area contributed by atoms with Crippen LogP contribution in [0.15, 0.2) is 54.9 Å². The second-order valence-corrected chi connectivity index (χ2v) is 6.59. The molecule has 1 unspecified atom stereocenters. The van der Waals surface area contributed by atoms with E-state index in [0.29, 0.717) is 6.61 Å². The number of aryl methyl sites for hydroxylation is 2. The standard InChI is InChI=1S/C21H24N4O2/c1-15-11-16(2)25(24-15)13-21(26)23-17(3)19-6-8-20(9-7-19)27-14-18-5-4-10-22-12-18/h4-12,17H,13-14H2,1-3H3,(H,23,26). The average molecular weight is 364 g/mol. The Labute approximate surface area is 159 Å². The van der Waals surface area contributed by atoms with E-state index >= 15 is 0 Å². The van der Waals surface area contributed by atoms with Gasteiger partial charge >= 0.3 is 0 Å². The second kappa shape index (κ2) is 8.49. The summed E-state index contributed by atoms with van der Waals surface area (Å²) in [5, 5.41) is 7.33. The Morgan fingerprint density at radius 2 is 2.00 bits per heavy atom. The Kier molecular flexibility index (Phi) is 5.86. The monoisotopic (exact) mass is 364 g/mol. The highest BCUT2D eigenvalue weighted by atomic mass is 16.5. The van der Waals surface area contributed by atoms with Gasteiger partial charge in [-0.3, -0.25) is 14.5 Å². The normalized spacial score (nSPS) is 11.8. The minimum absolute atomic E-state index is 0.0643. The molecule has 3 aromatic rings. The molecule has 1 atom stereocenters. The van der Waals surface area contributed by atoms with Gasteiger partial charge in [-0.2, -0.15) is 5.10 Å². The number of hydrogen-bond donors (Lipinski definition) is 1. The van der Waals surface area contributed by atoms with Crippen molar-refractivity contribution in [3.63, 3.8) is 0 Å². The molecule has 1 aromatic carbocycles. The molecule has 6 heteroatoms. The lowest BCUT2D eigenvalue weighted by Gasteiger charge is -2.15. The topological polar surface area (TPSA) is 69.0 Å². The summed E-state index contributed by atoms with van der Waals surface area (Å²) in [4.78, 5) is 16.4. The van der Waals surface area contributed by atoms with Crippen LogP contribution in [0, 0.1) is 13.8 Å². The number of aromatic nitrogens is 3. The van der Waals surface area contributed by atoms with Crippen molar-refractivity contribution in [3.05, 3.63) is 77.4 Å². The molecule has 0 saturated heterocycles. The predicted molar refractivity (Wildman–Crippen MR) is 103 cm³/mol. The van der Waals surface area contributed by atoms with E-state index in [1.165, 1.54) is 0 Å². The SMILES string of the molecule is Cc1cc(C)n(CC(=O)NC(C)c2ccc(OCc3cccnc3)cc2)n1. The molecule has 27 heavy (non-hydrogen) atoms. The van der Waals surface area contributed by atoms with Crippen LogP contribution in [0.2, 0.25) is 0 Å². The van der Waals surface area contributed by atoms with Crippen LogP contribution in [0.25, 0.3) is 0 Å². The predicted octanol–water partition coefficient (Wildman–Crippen LogP) is 3.35. The Hall–Kier alpha value is -3.15. The molecule has 0 fully saturated rings. The lowest BCUT2D eigenvalue weighted by molar-refractivity contribution is -0.122. The third-order valence-electron chi connectivity index (χ3n) is 4.28. The van der Waals surface area contributed by atoms with Gasteiger partial charge in [-0.1, -0.05) is 18.2 Å². The van der Waals surface area contributed by atoms with Crippen molar-refractivity contribution in [3.8, 4) is 5.75 Å². The van der Waals surface area contributed by atoms with E-state index in [4.69, 9.17) is 4.74 Å². The van der Waals surface area contributed by atoms with Gasteiger partial charge in [-0.15, -0.1) is 0 Å². The van der Waals surface area contributed by atoms with Crippen molar-refractivity contribution in [2.75, 3.05) is 0 Å². The van der Waals surface area contributed by atoms with E-state index in [0.717, 1.165) is 28.3 Å². The van der Waals surface area contributed by atoms with Crippen molar-refractivity contribution in [1.29, 1.82) is 0 Å². The fourth-order valence-corrected chi connectivity index (χ4v) is 2.84. The van der Waals surface area contributed by atoms with E-state index in [1.807, 2.05) is 63.2 Å². The lowest BCUT2D eigenvalue weighted by atomic mass is 10.1. The molecule has 6 nitrogen and oxygen atoms in total. The molecule has 0 bridgehead atoms.